The first-order valence-corrected chi connectivity index (χ1v) is 5.28. The summed E-state index contributed by atoms with van der Waals surface area (Å²) in [5.41, 5.74) is 1.26. The topological polar surface area (TPSA) is 46.5 Å². The maximum atomic E-state index is 11.8. The van der Waals surface area contributed by atoms with Crippen molar-refractivity contribution in [3.8, 4) is 11.5 Å². The third-order valence-corrected chi connectivity index (χ3v) is 2.67. The molecule has 1 aromatic rings. The van der Waals surface area contributed by atoms with E-state index in [1.165, 1.54) is 6.07 Å². The third-order valence-electron chi connectivity index (χ3n) is 2.67. The van der Waals surface area contributed by atoms with Crippen LogP contribution in [0.5, 0.6) is 11.5 Å². The van der Waals surface area contributed by atoms with E-state index < -0.39 is 0 Å². The highest BCUT2D eigenvalue weighted by Gasteiger charge is 2.25. The first-order chi connectivity index (χ1) is 7.61. The number of benzene rings is 1. The van der Waals surface area contributed by atoms with Gasteiger partial charge in [-0.2, -0.15) is 0 Å². The van der Waals surface area contributed by atoms with Gasteiger partial charge in [-0.25, -0.2) is 0 Å². The van der Waals surface area contributed by atoms with Crippen molar-refractivity contribution in [3.63, 3.8) is 0 Å². The Morgan fingerprint density at radius 3 is 2.94 bits per heavy atom. The maximum absolute atomic E-state index is 11.8. The molecule has 0 radical (unpaired) electrons. The number of rotatable bonds is 1. The summed E-state index contributed by atoms with van der Waals surface area (Å²) >= 11 is 0. The van der Waals surface area contributed by atoms with Gasteiger partial charge in [0, 0.05) is 6.07 Å². The third kappa shape index (κ3) is 1.81. The molecular weight excluding hydrogens is 204 g/mol. The summed E-state index contributed by atoms with van der Waals surface area (Å²) in [4.78, 5) is 11.8. The van der Waals surface area contributed by atoms with E-state index in [1.807, 2.05) is 19.1 Å². The Bertz CT molecular complexity index is 460. The zero-order chi connectivity index (χ0) is 11.7. The zero-order valence-electron chi connectivity index (χ0n) is 9.36. The van der Waals surface area contributed by atoms with Crippen molar-refractivity contribution in [2.24, 2.45) is 0 Å². The zero-order valence-corrected chi connectivity index (χ0v) is 9.36. The Labute approximate surface area is 94.4 Å². The number of ketones is 1. The number of hydrogen-bond donors (Lipinski definition) is 1. The van der Waals surface area contributed by atoms with Gasteiger partial charge in [-0.1, -0.05) is 6.08 Å². The molecule has 1 atom stereocenters. The lowest BCUT2D eigenvalue weighted by Crippen LogP contribution is -2.25. The van der Waals surface area contributed by atoms with Gasteiger partial charge >= 0.3 is 0 Å². The number of aryl methyl sites for hydroxylation is 1. The maximum Gasteiger partial charge on any atom is 0.170 e. The van der Waals surface area contributed by atoms with Gasteiger partial charge in [-0.15, -0.1) is 0 Å². The number of ether oxygens (including phenoxy) is 1. The molecule has 3 heteroatoms. The van der Waals surface area contributed by atoms with Crippen LogP contribution in [0.15, 0.2) is 24.3 Å². The molecule has 84 valence electrons. The molecule has 0 fully saturated rings. The fraction of sp³-hybridized carbons (Fsp3) is 0.308. The first-order valence-electron chi connectivity index (χ1n) is 5.28. The summed E-state index contributed by atoms with van der Waals surface area (Å²) < 4.78 is 5.61. The first kappa shape index (κ1) is 10.7. The molecule has 1 aromatic carbocycles. The smallest absolute Gasteiger partial charge is 0.170 e. The normalized spacial score (nSPS) is 19.6. The Balaban J connectivity index is 2.42. The number of Topliss-reactive ketones (excluding diaryl/α,β-unsaturated/α-hetero) is 1. The van der Waals surface area contributed by atoms with E-state index in [0.29, 0.717) is 23.3 Å². The second kappa shape index (κ2) is 4.00. The monoisotopic (exact) mass is 218 g/mol. The molecule has 1 N–H and O–H groups in total. The second-order valence-electron chi connectivity index (χ2n) is 3.94. The van der Waals surface area contributed by atoms with Gasteiger partial charge in [-0.05, 0) is 31.6 Å². The SMILES string of the molecule is CC=CC1CC(=O)c2cc(C)c(O)cc2O1. The lowest BCUT2D eigenvalue weighted by molar-refractivity contribution is 0.0893. The molecule has 0 aromatic heterocycles. The molecule has 0 spiro atoms. The number of phenols is 1. The largest absolute Gasteiger partial charge is 0.508 e. The Morgan fingerprint density at radius 2 is 2.25 bits per heavy atom. The summed E-state index contributed by atoms with van der Waals surface area (Å²) in [6.45, 7) is 3.65. The van der Waals surface area contributed by atoms with Gasteiger partial charge in [0.05, 0.1) is 12.0 Å². The van der Waals surface area contributed by atoms with Crippen LogP contribution in [0.4, 0.5) is 0 Å². The van der Waals surface area contributed by atoms with Gasteiger partial charge in [-0.3, -0.25) is 4.79 Å². The van der Waals surface area contributed by atoms with E-state index in [4.69, 9.17) is 4.74 Å². The molecule has 1 unspecified atom stereocenters. The summed E-state index contributed by atoms with van der Waals surface area (Å²) in [5.74, 6) is 0.697. The molecule has 3 nitrogen and oxygen atoms in total. The van der Waals surface area contributed by atoms with Crippen molar-refractivity contribution < 1.29 is 14.6 Å². The van der Waals surface area contributed by atoms with E-state index in [-0.39, 0.29) is 17.6 Å². The van der Waals surface area contributed by atoms with E-state index in [1.54, 1.807) is 13.0 Å². The van der Waals surface area contributed by atoms with Crippen LogP contribution in [0.25, 0.3) is 0 Å². The van der Waals surface area contributed by atoms with E-state index in [9.17, 15) is 9.90 Å². The quantitative estimate of drug-likeness (QED) is 0.737. The number of phenolic OH excluding ortho intramolecular Hbond substituents is 1. The fourth-order valence-electron chi connectivity index (χ4n) is 1.81. The van der Waals surface area contributed by atoms with Gasteiger partial charge in [0.15, 0.2) is 5.78 Å². The van der Waals surface area contributed by atoms with Gasteiger partial charge in [0.25, 0.3) is 0 Å². The van der Waals surface area contributed by atoms with E-state index >= 15 is 0 Å². The minimum Gasteiger partial charge on any atom is -0.508 e. The van der Waals surface area contributed by atoms with Crippen molar-refractivity contribution in [1.82, 2.24) is 0 Å². The number of hydrogen-bond acceptors (Lipinski definition) is 3. The molecule has 1 aliphatic rings. The number of carbonyl (C=O) groups is 1. The molecule has 16 heavy (non-hydrogen) atoms. The van der Waals surface area contributed by atoms with Crippen molar-refractivity contribution in [2.75, 3.05) is 0 Å². The van der Waals surface area contributed by atoms with Crippen LogP contribution in [0.1, 0.15) is 29.3 Å². The molecule has 1 heterocycles. The number of aromatic hydroxyl groups is 1. The number of allylic oxidation sites excluding steroid dienone is 1. The van der Waals surface area contributed by atoms with Gasteiger partial charge in [0.1, 0.15) is 17.6 Å². The molecule has 0 saturated carbocycles. The fourth-order valence-corrected chi connectivity index (χ4v) is 1.81. The summed E-state index contributed by atoms with van der Waals surface area (Å²) in [6.07, 6.45) is 3.85. The Morgan fingerprint density at radius 1 is 1.50 bits per heavy atom. The van der Waals surface area contributed by atoms with Crippen LogP contribution in [-0.2, 0) is 0 Å². The second-order valence-corrected chi connectivity index (χ2v) is 3.94. The van der Waals surface area contributed by atoms with Gasteiger partial charge in [0.2, 0.25) is 0 Å². The Kier molecular flexibility index (Phi) is 2.69. The summed E-state index contributed by atoms with van der Waals surface area (Å²) in [6, 6.07) is 3.19. The number of carbonyl (C=O) groups excluding carboxylic acids is 1. The highest BCUT2D eigenvalue weighted by molar-refractivity contribution is 6.00. The predicted octanol–water partition coefficient (Wildman–Crippen LogP) is 2.61. The molecule has 1 aliphatic heterocycles. The van der Waals surface area contributed by atoms with Crippen LogP contribution in [-0.4, -0.2) is 17.0 Å². The minimum absolute atomic E-state index is 0.0625. The molecular formula is C13H14O3. The van der Waals surface area contributed by atoms with Crippen LogP contribution in [0.3, 0.4) is 0 Å². The predicted molar refractivity (Wildman–Crippen MR) is 61.0 cm³/mol. The van der Waals surface area contributed by atoms with Crippen LogP contribution >= 0.6 is 0 Å². The van der Waals surface area contributed by atoms with Crippen LogP contribution < -0.4 is 4.74 Å². The van der Waals surface area contributed by atoms with E-state index in [2.05, 4.69) is 0 Å². The standard InChI is InChI=1S/C13H14O3/c1-3-4-9-6-12(15)10-5-8(2)11(14)7-13(10)16-9/h3-5,7,9,14H,6H2,1-2H3. The average Bonchev–Trinajstić information content (AvgIpc) is 2.22. The lowest BCUT2D eigenvalue weighted by atomic mass is 9.98. The average molecular weight is 218 g/mol. The lowest BCUT2D eigenvalue weighted by Gasteiger charge is -2.23. The number of fused-ring (bicyclic) bond motifs is 1. The van der Waals surface area contributed by atoms with Crippen LogP contribution in [0, 0.1) is 6.92 Å². The molecule has 0 bridgehead atoms. The summed E-state index contributed by atoms with van der Waals surface area (Å²) in [5, 5.41) is 9.57. The Hall–Kier alpha value is -1.77. The molecule has 0 saturated heterocycles. The van der Waals surface area contributed by atoms with Crippen molar-refractivity contribution in [1.29, 1.82) is 0 Å². The highest BCUT2D eigenvalue weighted by Crippen LogP contribution is 2.33. The van der Waals surface area contributed by atoms with Crippen molar-refractivity contribution in [2.45, 2.75) is 26.4 Å². The van der Waals surface area contributed by atoms with Gasteiger partial charge < -0.3 is 9.84 Å². The van der Waals surface area contributed by atoms with Crippen molar-refractivity contribution >= 4 is 5.78 Å². The van der Waals surface area contributed by atoms with E-state index in [0.717, 1.165) is 0 Å². The molecule has 2 rings (SSSR count). The van der Waals surface area contributed by atoms with Crippen LogP contribution in [0.2, 0.25) is 0 Å². The van der Waals surface area contributed by atoms with Crippen molar-refractivity contribution in [3.05, 3.63) is 35.4 Å². The highest BCUT2D eigenvalue weighted by atomic mass is 16.5. The summed E-state index contributed by atoms with van der Waals surface area (Å²) in [7, 11) is 0. The minimum atomic E-state index is -0.216. The molecule has 0 amide bonds. The molecule has 0 aliphatic carbocycles.